The van der Waals surface area contributed by atoms with Crippen LogP contribution >= 0.6 is 0 Å². The van der Waals surface area contributed by atoms with E-state index in [1.165, 1.54) is 6.42 Å². The van der Waals surface area contributed by atoms with Crippen molar-refractivity contribution in [2.24, 2.45) is 0 Å². The van der Waals surface area contributed by atoms with Crippen LogP contribution in [0.3, 0.4) is 0 Å². The average molecular weight is 401 g/mol. The first-order valence-corrected chi connectivity index (χ1v) is 11.1. The number of rotatable bonds is 6. The van der Waals surface area contributed by atoms with Crippen LogP contribution in [0.25, 0.3) is 0 Å². The van der Waals surface area contributed by atoms with Crippen LogP contribution in [0.1, 0.15) is 49.9 Å². The highest BCUT2D eigenvalue weighted by atomic mass is 16.2. The quantitative estimate of drug-likeness (QED) is 0.737. The zero-order valence-corrected chi connectivity index (χ0v) is 18.3. The molecule has 0 bridgehead atoms. The Morgan fingerprint density at radius 3 is 2.14 bits per heavy atom. The van der Waals surface area contributed by atoms with E-state index in [1.807, 2.05) is 41.0 Å². The number of anilines is 1. The summed E-state index contributed by atoms with van der Waals surface area (Å²) in [5.41, 5.74) is 1.88. The standard InChI is InChI=1S/C23H36N4O2/c1-4-12-24(3)21-10-8-20(9-11-21)23(29)27-17-15-25(16-18-27)19(2)22(28)26-13-6-5-7-14-26/h8-11,19H,4-7,12-18H2,1-3H3. The Bertz CT molecular complexity index is 677. The summed E-state index contributed by atoms with van der Waals surface area (Å²) in [5, 5.41) is 0. The molecule has 29 heavy (non-hydrogen) atoms. The maximum atomic E-state index is 12.9. The van der Waals surface area contributed by atoms with Crippen molar-refractivity contribution < 1.29 is 9.59 Å². The number of nitrogens with zero attached hydrogens (tertiary/aromatic N) is 4. The van der Waals surface area contributed by atoms with Gasteiger partial charge in [0.2, 0.25) is 5.91 Å². The highest BCUT2D eigenvalue weighted by Crippen LogP contribution is 2.18. The summed E-state index contributed by atoms with van der Waals surface area (Å²) in [5.74, 6) is 0.334. The van der Waals surface area contributed by atoms with E-state index in [1.54, 1.807) is 0 Å². The molecule has 2 aliphatic rings. The van der Waals surface area contributed by atoms with Crippen molar-refractivity contribution in [1.82, 2.24) is 14.7 Å². The molecule has 1 unspecified atom stereocenters. The lowest BCUT2D eigenvalue weighted by Crippen LogP contribution is -2.56. The highest BCUT2D eigenvalue weighted by Gasteiger charge is 2.30. The van der Waals surface area contributed by atoms with Crippen LogP contribution in [0, 0.1) is 0 Å². The molecule has 160 valence electrons. The van der Waals surface area contributed by atoms with Crippen molar-refractivity contribution in [3.8, 4) is 0 Å². The molecule has 2 heterocycles. The van der Waals surface area contributed by atoms with Crippen LogP contribution in [0.15, 0.2) is 24.3 Å². The lowest BCUT2D eigenvalue weighted by Gasteiger charge is -2.39. The van der Waals surface area contributed by atoms with Crippen LogP contribution in [-0.2, 0) is 4.79 Å². The molecule has 0 spiro atoms. The molecular weight excluding hydrogens is 364 g/mol. The first-order chi connectivity index (χ1) is 14.0. The molecule has 2 amide bonds. The minimum Gasteiger partial charge on any atom is -0.375 e. The maximum absolute atomic E-state index is 12.9. The van der Waals surface area contributed by atoms with Crippen molar-refractivity contribution in [3.05, 3.63) is 29.8 Å². The second-order valence-electron chi connectivity index (χ2n) is 8.36. The molecule has 0 aliphatic carbocycles. The first kappa shape index (κ1) is 21.6. The molecule has 0 radical (unpaired) electrons. The Balaban J connectivity index is 1.52. The third kappa shape index (κ3) is 5.30. The molecule has 2 fully saturated rings. The number of carbonyl (C=O) groups is 2. The zero-order chi connectivity index (χ0) is 20.8. The van der Waals surface area contributed by atoms with E-state index in [4.69, 9.17) is 0 Å². The molecule has 2 saturated heterocycles. The van der Waals surface area contributed by atoms with Crippen LogP contribution in [-0.4, -0.2) is 85.4 Å². The summed E-state index contributed by atoms with van der Waals surface area (Å²) in [4.78, 5) is 34.0. The molecule has 2 aliphatic heterocycles. The summed E-state index contributed by atoms with van der Waals surface area (Å²) in [6.45, 7) is 9.82. The highest BCUT2D eigenvalue weighted by molar-refractivity contribution is 5.94. The minimum atomic E-state index is -0.0984. The number of piperidine rings is 1. The second-order valence-corrected chi connectivity index (χ2v) is 8.36. The van der Waals surface area contributed by atoms with Crippen LogP contribution < -0.4 is 4.90 Å². The molecule has 0 saturated carbocycles. The Morgan fingerprint density at radius 2 is 1.55 bits per heavy atom. The summed E-state index contributed by atoms with van der Waals surface area (Å²) in [6, 6.07) is 7.81. The number of benzene rings is 1. The predicted molar refractivity (Wildman–Crippen MR) is 117 cm³/mol. The maximum Gasteiger partial charge on any atom is 0.253 e. The van der Waals surface area contributed by atoms with Gasteiger partial charge in [-0.15, -0.1) is 0 Å². The van der Waals surface area contributed by atoms with E-state index in [9.17, 15) is 9.59 Å². The summed E-state index contributed by atoms with van der Waals surface area (Å²) < 4.78 is 0. The fourth-order valence-corrected chi connectivity index (χ4v) is 4.35. The van der Waals surface area contributed by atoms with Gasteiger partial charge in [-0.25, -0.2) is 0 Å². The predicted octanol–water partition coefficient (Wildman–Crippen LogP) is 2.69. The minimum absolute atomic E-state index is 0.0874. The number of hydrogen-bond donors (Lipinski definition) is 0. The van der Waals surface area contributed by atoms with Gasteiger partial charge in [-0.05, 0) is 56.9 Å². The molecule has 6 heteroatoms. The van der Waals surface area contributed by atoms with E-state index in [2.05, 4.69) is 23.8 Å². The Labute approximate surface area is 175 Å². The Hall–Kier alpha value is -2.08. The van der Waals surface area contributed by atoms with E-state index < -0.39 is 0 Å². The largest absolute Gasteiger partial charge is 0.375 e. The smallest absolute Gasteiger partial charge is 0.253 e. The van der Waals surface area contributed by atoms with Gasteiger partial charge in [0.15, 0.2) is 0 Å². The molecule has 3 rings (SSSR count). The molecular formula is C23H36N4O2. The van der Waals surface area contributed by atoms with Gasteiger partial charge in [0.1, 0.15) is 0 Å². The van der Waals surface area contributed by atoms with Crippen LogP contribution in [0.5, 0.6) is 0 Å². The van der Waals surface area contributed by atoms with Gasteiger partial charge in [0.05, 0.1) is 6.04 Å². The van der Waals surface area contributed by atoms with Gasteiger partial charge >= 0.3 is 0 Å². The fourth-order valence-electron chi connectivity index (χ4n) is 4.35. The number of amides is 2. The van der Waals surface area contributed by atoms with Crippen molar-refractivity contribution >= 4 is 17.5 Å². The monoisotopic (exact) mass is 400 g/mol. The van der Waals surface area contributed by atoms with E-state index in [0.29, 0.717) is 13.1 Å². The van der Waals surface area contributed by atoms with Crippen molar-refractivity contribution in [2.75, 3.05) is 57.8 Å². The summed E-state index contributed by atoms with van der Waals surface area (Å²) in [7, 11) is 2.08. The lowest BCUT2D eigenvalue weighted by atomic mass is 10.1. The molecule has 6 nitrogen and oxygen atoms in total. The summed E-state index contributed by atoms with van der Waals surface area (Å²) in [6.07, 6.45) is 4.57. The SMILES string of the molecule is CCCN(C)c1ccc(C(=O)N2CCN(C(C)C(=O)N3CCCCC3)CC2)cc1. The van der Waals surface area contributed by atoms with Gasteiger partial charge in [-0.3, -0.25) is 14.5 Å². The van der Waals surface area contributed by atoms with Crippen molar-refractivity contribution in [3.63, 3.8) is 0 Å². The zero-order valence-electron chi connectivity index (χ0n) is 18.3. The molecule has 0 aromatic heterocycles. The second kappa shape index (κ2) is 10.1. The molecule has 1 aromatic rings. The lowest BCUT2D eigenvalue weighted by molar-refractivity contribution is -0.137. The van der Waals surface area contributed by atoms with Gasteiger partial charge in [-0.2, -0.15) is 0 Å². The van der Waals surface area contributed by atoms with Gasteiger partial charge in [-0.1, -0.05) is 6.92 Å². The molecule has 1 aromatic carbocycles. The number of hydrogen-bond acceptors (Lipinski definition) is 4. The topological polar surface area (TPSA) is 47.1 Å². The van der Waals surface area contributed by atoms with Crippen molar-refractivity contribution in [2.45, 2.75) is 45.6 Å². The average Bonchev–Trinajstić information content (AvgIpc) is 2.78. The number of carbonyl (C=O) groups excluding carboxylic acids is 2. The number of likely N-dealkylation sites (tertiary alicyclic amines) is 1. The van der Waals surface area contributed by atoms with Gasteiger partial charge in [0.25, 0.3) is 5.91 Å². The van der Waals surface area contributed by atoms with Crippen LogP contribution in [0.2, 0.25) is 0 Å². The molecule has 1 atom stereocenters. The van der Waals surface area contributed by atoms with Crippen LogP contribution in [0.4, 0.5) is 5.69 Å². The Kier molecular flexibility index (Phi) is 7.53. The van der Waals surface area contributed by atoms with E-state index in [0.717, 1.165) is 63.2 Å². The number of piperazine rings is 1. The fraction of sp³-hybridized carbons (Fsp3) is 0.652. The van der Waals surface area contributed by atoms with E-state index in [-0.39, 0.29) is 17.9 Å². The Morgan fingerprint density at radius 1 is 0.931 bits per heavy atom. The van der Waals surface area contributed by atoms with Gasteiger partial charge in [0, 0.05) is 64.1 Å². The summed E-state index contributed by atoms with van der Waals surface area (Å²) >= 11 is 0. The van der Waals surface area contributed by atoms with Gasteiger partial charge < -0.3 is 14.7 Å². The third-order valence-corrected chi connectivity index (χ3v) is 6.29. The third-order valence-electron chi connectivity index (χ3n) is 6.29. The first-order valence-electron chi connectivity index (χ1n) is 11.1. The van der Waals surface area contributed by atoms with E-state index >= 15 is 0 Å². The van der Waals surface area contributed by atoms with Crippen molar-refractivity contribution in [1.29, 1.82) is 0 Å². The normalized spacial score (nSPS) is 19.1. The molecule has 0 N–H and O–H groups in total.